The predicted octanol–water partition coefficient (Wildman–Crippen LogP) is 6.94. The predicted molar refractivity (Wildman–Crippen MR) is 185 cm³/mol. The van der Waals surface area contributed by atoms with E-state index in [4.69, 9.17) is 18.9 Å². The lowest BCUT2D eigenvalue weighted by Gasteiger charge is -2.26. The van der Waals surface area contributed by atoms with Gasteiger partial charge >= 0.3 is 24.1 Å². The number of amides is 2. The van der Waals surface area contributed by atoms with Gasteiger partial charge in [-0.05, 0) is 113 Å². The van der Waals surface area contributed by atoms with Crippen LogP contribution in [0, 0.1) is 6.92 Å². The van der Waals surface area contributed by atoms with E-state index in [0.29, 0.717) is 6.42 Å². The number of nitrogens with one attached hydrogen (secondary N) is 2. The highest BCUT2D eigenvalue weighted by Gasteiger charge is 2.30. The number of phenolic OH excluding ortho intramolecular Hbond substituents is 1. The molecule has 48 heavy (non-hydrogen) atoms. The van der Waals surface area contributed by atoms with Crippen molar-refractivity contribution in [3.05, 3.63) is 65.2 Å². The van der Waals surface area contributed by atoms with Crippen LogP contribution in [-0.2, 0) is 41.4 Å². The van der Waals surface area contributed by atoms with Gasteiger partial charge in [0.05, 0.1) is 0 Å². The van der Waals surface area contributed by atoms with Gasteiger partial charge in [0, 0.05) is 12.8 Å². The smallest absolute Gasteiger partial charge is 0.408 e. The summed E-state index contributed by atoms with van der Waals surface area (Å²) in [6, 6.07) is 12.5. The lowest BCUT2D eigenvalue weighted by atomic mass is 10.0. The number of benzene rings is 2. The first-order valence-corrected chi connectivity index (χ1v) is 16.0. The van der Waals surface area contributed by atoms with Crippen molar-refractivity contribution in [2.24, 2.45) is 0 Å². The number of alkyl carbamates (subject to hydrolysis) is 2. The Labute approximate surface area is 286 Å². The second kappa shape index (κ2) is 17.2. The average molecular weight is 673 g/mol. The van der Waals surface area contributed by atoms with Gasteiger partial charge in [0.2, 0.25) is 0 Å². The van der Waals surface area contributed by atoms with Crippen molar-refractivity contribution in [3.63, 3.8) is 0 Å². The molecule has 0 aromatic heterocycles. The molecule has 2 aromatic carbocycles. The van der Waals surface area contributed by atoms with E-state index in [1.807, 2.05) is 31.2 Å². The van der Waals surface area contributed by atoms with Gasteiger partial charge in [-0.2, -0.15) is 0 Å². The van der Waals surface area contributed by atoms with Crippen molar-refractivity contribution >= 4 is 24.1 Å². The number of phenols is 1. The van der Waals surface area contributed by atoms with Gasteiger partial charge in [0.15, 0.2) is 0 Å². The van der Waals surface area contributed by atoms with Crippen molar-refractivity contribution in [2.75, 3.05) is 0 Å². The standard InChI is InChI=1S/C19H29NO4.C18H27NO5/c1-13-8-10-14(11-9-13)12-15(16(21)23-18(2,3)4)20-17(22)24-19(5,6)7;1-17(2,3)23-15(21)14(19-16(22)24-18(4,5)6)11-12-7-9-13(20)10-8-12/h8-11,15H,12H2,1-7H3,(H,20,22);7-10,14,20H,11H2,1-6H3,(H,19,22)/t15-;14-/m00/s1. The van der Waals surface area contributed by atoms with Crippen molar-refractivity contribution in [3.8, 4) is 5.75 Å². The number of esters is 2. The Morgan fingerprint density at radius 2 is 0.833 bits per heavy atom. The number of carbonyl (C=O) groups excluding carboxylic acids is 4. The highest BCUT2D eigenvalue weighted by molar-refractivity contribution is 5.82. The van der Waals surface area contributed by atoms with Gasteiger partial charge in [-0.25, -0.2) is 19.2 Å². The first-order valence-electron chi connectivity index (χ1n) is 16.0. The monoisotopic (exact) mass is 672 g/mol. The van der Waals surface area contributed by atoms with Crippen molar-refractivity contribution < 1.29 is 43.2 Å². The maximum atomic E-state index is 12.4. The molecule has 0 heterocycles. The third-order valence-electron chi connectivity index (χ3n) is 5.70. The molecule has 11 nitrogen and oxygen atoms in total. The number of ether oxygens (including phenoxy) is 4. The second-order valence-electron chi connectivity index (χ2n) is 15.5. The molecule has 0 aliphatic rings. The van der Waals surface area contributed by atoms with E-state index >= 15 is 0 Å². The Balaban J connectivity index is 0.000000480. The van der Waals surface area contributed by atoms with E-state index in [0.717, 1.165) is 16.7 Å². The van der Waals surface area contributed by atoms with E-state index < -0.39 is 58.6 Å². The molecule has 0 aliphatic carbocycles. The largest absolute Gasteiger partial charge is 0.508 e. The van der Waals surface area contributed by atoms with E-state index in [1.54, 1.807) is 95.2 Å². The summed E-state index contributed by atoms with van der Waals surface area (Å²) in [7, 11) is 0. The molecule has 0 saturated heterocycles. The second-order valence-corrected chi connectivity index (χ2v) is 15.5. The molecule has 0 bridgehead atoms. The normalized spacial score (nSPS) is 13.1. The highest BCUT2D eigenvalue weighted by Crippen LogP contribution is 2.16. The molecule has 2 amide bonds. The zero-order chi connectivity index (χ0) is 37.1. The number of rotatable bonds is 8. The van der Waals surface area contributed by atoms with Gasteiger partial charge < -0.3 is 34.7 Å². The SMILES string of the molecule is CC(C)(C)OC(=O)N[C@@H](Cc1ccc(O)cc1)C(=O)OC(C)(C)C.Cc1ccc(C[C@H](NC(=O)OC(C)(C)C)C(=O)OC(C)(C)C)cc1. The maximum Gasteiger partial charge on any atom is 0.408 e. The van der Waals surface area contributed by atoms with Gasteiger partial charge in [-0.1, -0.05) is 42.0 Å². The molecule has 11 heteroatoms. The first-order chi connectivity index (χ1) is 21.7. The van der Waals surface area contributed by atoms with E-state index in [1.165, 1.54) is 12.1 Å². The maximum absolute atomic E-state index is 12.4. The van der Waals surface area contributed by atoms with Crippen LogP contribution in [-0.4, -0.2) is 63.7 Å². The first kappa shape index (κ1) is 41.7. The van der Waals surface area contributed by atoms with Crippen LogP contribution in [0.25, 0.3) is 0 Å². The van der Waals surface area contributed by atoms with Crippen LogP contribution < -0.4 is 10.6 Å². The lowest BCUT2D eigenvalue weighted by molar-refractivity contribution is -0.158. The summed E-state index contributed by atoms with van der Waals surface area (Å²) in [6.45, 7) is 23.2. The summed E-state index contributed by atoms with van der Waals surface area (Å²) in [6.07, 6.45) is -0.745. The molecule has 2 rings (SSSR count). The molecule has 2 atom stereocenters. The fourth-order valence-corrected chi connectivity index (χ4v) is 3.86. The summed E-state index contributed by atoms with van der Waals surface area (Å²) < 4.78 is 21.2. The average Bonchev–Trinajstić information content (AvgIpc) is 2.86. The van der Waals surface area contributed by atoms with Crippen LogP contribution in [0.15, 0.2) is 48.5 Å². The van der Waals surface area contributed by atoms with Gasteiger partial charge in [-0.15, -0.1) is 0 Å². The van der Waals surface area contributed by atoms with E-state index in [-0.39, 0.29) is 12.2 Å². The molecule has 3 N–H and O–H groups in total. The minimum atomic E-state index is -0.886. The molecule has 2 aromatic rings. The number of aromatic hydroxyl groups is 1. The Bertz CT molecular complexity index is 1240. The minimum absolute atomic E-state index is 0.132. The van der Waals surface area contributed by atoms with Crippen molar-refractivity contribution in [2.45, 2.75) is 137 Å². The molecule has 268 valence electrons. The van der Waals surface area contributed by atoms with E-state index in [2.05, 4.69) is 10.6 Å². The summed E-state index contributed by atoms with van der Waals surface area (Å²) >= 11 is 0. The zero-order valence-corrected chi connectivity index (χ0v) is 30.9. The van der Waals surface area contributed by atoms with Crippen LogP contribution in [0.5, 0.6) is 5.75 Å². The fraction of sp³-hybridized carbons (Fsp3) is 0.568. The van der Waals surface area contributed by atoms with Crippen molar-refractivity contribution in [1.82, 2.24) is 10.6 Å². The van der Waals surface area contributed by atoms with E-state index in [9.17, 15) is 24.3 Å². The number of hydrogen-bond donors (Lipinski definition) is 3. The van der Waals surface area contributed by atoms with Crippen LogP contribution in [0.3, 0.4) is 0 Å². The zero-order valence-electron chi connectivity index (χ0n) is 30.9. The minimum Gasteiger partial charge on any atom is -0.508 e. The number of carbonyl (C=O) groups is 4. The Hall–Kier alpha value is -4.28. The molecule has 0 aliphatic heterocycles. The Morgan fingerprint density at radius 3 is 1.12 bits per heavy atom. The fourth-order valence-electron chi connectivity index (χ4n) is 3.86. The molecular weight excluding hydrogens is 616 g/mol. The third-order valence-corrected chi connectivity index (χ3v) is 5.70. The van der Waals surface area contributed by atoms with Gasteiger partial charge in [-0.3, -0.25) is 0 Å². The molecule has 0 unspecified atom stereocenters. The Kier molecular flexibility index (Phi) is 15.0. The molecule has 0 saturated carbocycles. The quantitative estimate of drug-likeness (QED) is 0.200. The Morgan fingerprint density at radius 1 is 0.542 bits per heavy atom. The van der Waals surface area contributed by atoms with Crippen molar-refractivity contribution in [1.29, 1.82) is 0 Å². The van der Waals surface area contributed by atoms with Crippen LogP contribution in [0.4, 0.5) is 9.59 Å². The lowest BCUT2D eigenvalue weighted by Crippen LogP contribution is -2.47. The third kappa shape index (κ3) is 19.4. The van der Waals surface area contributed by atoms with Gasteiger partial charge in [0.25, 0.3) is 0 Å². The molecular formula is C37H56N2O9. The van der Waals surface area contributed by atoms with Crippen LogP contribution in [0.1, 0.15) is 99.8 Å². The van der Waals surface area contributed by atoms with Crippen LogP contribution in [0.2, 0.25) is 0 Å². The summed E-state index contributed by atoms with van der Waals surface area (Å²) in [5.41, 5.74) is 0.256. The summed E-state index contributed by atoms with van der Waals surface area (Å²) in [5.74, 6) is -0.886. The van der Waals surface area contributed by atoms with Crippen LogP contribution >= 0.6 is 0 Å². The summed E-state index contributed by atoms with van der Waals surface area (Å²) in [4.78, 5) is 48.9. The molecule has 0 fully saturated rings. The molecule has 0 radical (unpaired) electrons. The highest BCUT2D eigenvalue weighted by atomic mass is 16.6. The van der Waals surface area contributed by atoms with Gasteiger partial charge in [0.1, 0.15) is 40.2 Å². The summed E-state index contributed by atoms with van der Waals surface area (Å²) in [5, 5.41) is 14.5. The number of hydrogen-bond acceptors (Lipinski definition) is 9. The topological polar surface area (TPSA) is 149 Å². The molecule has 0 spiro atoms. The number of aryl methyl sites for hydroxylation is 1.